The molecule has 6 atom stereocenters. The fourth-order valence-electron chi connectivity index (χ4n) is 5.88. The maximum Gasteiger partial charge on any atom is 0.246 e. The van der Waals surface area contributed by atoms with Crippen molar-refractivity contribution in [2.24, 2.45) is 34.3 Å². The third-order valence-electron chi connectivity index (χ3n) is 8.59. The second kappa shape index (κ2) is 8.89. The lowest BCUT2D eigenvalue weighted by molar-refractivity contribution is -0.146. The van der Waals surface area contributed by atoms with Crippen LogP contribution in [0.3, 0.4) is 0 Å². The Kier molecular flexibility index (Phi) is 6.59. The van der Waals surface area contributed by atoms with E-state index >= 15 is 0 Å². The number of hydrogen-bond acceptors (Lipinski definition) is 5. The number of carbonyl (C=O) groups excluding carboxylic acids is 5. The first kappa shape index (κ1) is 26.7. The predicted molar refractivity (Wildman–Crippen MR) is 132 cm³/mol. The van der Waals surface area contributed by atoms with Crippen LogP contribution < -0.4 is 21.7 Å². The standard InChI is InChI=1S/C25H38ClN5O5/c1-23(2,3)17(30-22(36)25(26)7-8-25)21(35)31-11-13-15(24(13,4)5)16(31)20(34)29-14(18(27)32)10-12-6-9-28-19(12)33/h12-17H,6-11H2,1-5H3,(H2,27,32)(H,28,33)(H,29,34)(H,30,36)/t12-,13-,14-,15-,16-,17+/m0/s1. The number of rotatable bonds is 8. The Bertz CT molecular complexity index is 988. The SMILES string of the molecule is CC(C)(C)[C@H](NC(=O)C1(Cl)CC1)C(=O)N1C[C@H]2[C@@H]([C@H]1C(=O)N[C@@H](C[C@@H]1CCNC1=O)C(N)=O)C2(C)C. The van der Waals surface area contributed by atoms with E-state index in [4.69, 9.17) is 17.3 Å². The van der Waals surface area contributed by atoms with Crippen molar-refractivity contribution in [2.45, 2.75) is 83.3 Å². The van der Waals surface area contributed by atoms with Crippen LogP contribution in [0.15, 0.2) is 0 Å². The molecule has 2 saturated carbocycles. The quantitative estimate of drug-likeness (QED) is 0.337. The van der Waals surface area contributed by atoms with Crippen molar-refractivity contribution < 1.29 is 24.0 Å². The zero-order chi connectivity index (χ0) is 26.8. The fraction of sp³-hybridized carbons (Fsp3) is 0.800. The molecule has 0 bridgehead atoms. The smallest absolute Gasteiger partial charge is 0.246 e. The lowest BCUT2D eigenvalue weighted by Gasteiger charge is -2.38. The van der Waals surface area contributed by atoms with E-state index in [2.05, 4.69) is 29.8 Å². The maximum atomic E-state index is 13.9. The van der Waals surface area contributed by atoms with Crippen molar-refractivity contribution in [1.29, 1.82) is 0 Å². The molecule has 0 spiro atoms. The number of hydrogen-bond donors (Lipinski definition) is 4. The molecule has 11 heteroatoms. The number of piperidine rings is 1. The van der Waals surface area contributed by atoms with Crippen LogP contribution in [-0.4, -0.2) is 70.5 Å². The molecule has 0 aromatic heterocycles. The molecule has 200 valence electrons. The van der Waals surface area contributed by atoms with Gasteiger partial charge in [-0.3, -0.25) is 24.0 Å². The lowest BCUT2D eigenvalue weighted by Crippen LogP contribution is -2.61. The number of nitrogens with zero attached hydrogens (tertiary/aromatic N) is 1. The van der Waals surface area contributed by atoms with Gasteiger partial charge in [-0.15, -0.1) is 11.6 Å². The summed E-state index contributed by atoms with van der Waals surface area (Å²) < 4.78 is 0. The molecule has 10 nitrogen and oxygen atoms in total. The van der Waals surface area contributed by atoms with Crippen LogP contribution in [0.1, 0.15) is 60.3 Å². The topological polar surface area (TPSA) is 151 Å². The van der Waals surface area contributed by atoms with Gasteiger partial charge >= 0.3 is 0 Å². The number of nitrogens with two attached hydrogens (primary N) is 1. The number of fused-ring (bicyclic) bond motifs is 1. The van der Waals surface area contributed by atoms with E-state index < -0.39 is 46.1 Å². The number of halogens is 1. The summed E-state index contributed by atoms with van der Waals surface area (Å²) in [6, 6.07) is -2.69. The molecular weight excluding hydrogens is 486 g/mol. The van der Waals surface area contributed by atoms with E-state index in [0.29, 0.717) is 32.4 Å². The van der Waals surface area contributed by atoms with Gasteiger partial charge < -0.3 is 26.6 Å². The highest BCUT2D eigenvalue weighted by molar-refractivity contribution is 6.37. The van der Waals surface area contributed by atoms with Crippen molar-refractivity contribution in [2.75, 3.05) is 13.1 Å². The molecule has 4 aliphatic rings. The van der Waals surface area contributed by atoms with Gasteiger partial charge in [0.2, 0.25) is 29.5 Å². The van der Waals surface area contributed by atoms with E-state index in [-0.39, 0.29) is 41.4 Å². The van der Waals surface area contributed by atoms with Crippen LogP contribution in [0, 0.1) is 28.6 Å². The van der Waals surface area contributed by atoms with Crippen molar-refractivity contribution in [3.05, 3.63) is 0 Å². The van der Waals surface area contributed by atoms with Gasteiger partial charge in [0.15, 0.2) is 0 Å². The molecule has 4 rings (SSSR count). The number of nitrogens with one attached hydrogen (secondary N) is 3. The van der Waals surface area contributed by atoms with E-state index in [0.717, 1.165) is 0 Å². The minimum Gasteiger partial charge on any atom is -0.368 e. The van der Waals surface area contributed by atoms with E-state index in [1.165, 1.54) is 0 Å². The van der Waals surface area contributed by atoms with Crippen LogP contribution in [0.25, 0.3) is 0 Å². The van der Waals surface area contributed by atoms with Crippen molar-refractivity contribution >= 4 is 41.1 Å². The van der Waals surface area contributed by atoms with E-state index in [9.17, 15) is 24.0 Å². The Balaban J connectivity index is 1.53. The third kappa shape index (κ3) is 4.80. The third-order valence-corrected chi connectivity index (χ3v) is 9.14. The second-order valence-electron chi connectivity index (χ2n) is 12.6. The Morgan fingerprint density at radius 1 is 1.19 bits per heavy atom. The van der Waals surface area contributed by atoms with E-state index in [1.54, 1.807) is 4.90 Å². The number of amides is 5. The minimum absolute atomic E-state index is 0.0797. The van der Waals surface area contributed by atoms with Crippen LogP contribution in [0.4, 0.5) is 0 Å². The molecule has 0 aromatic rings. The summed E-state index contributed by atoms with van der Waals surface area (Å²) in [6.07, 6.45) is 1.81. The van der Waals surface area contributed by atoms with Gasteiger partial charge in [-0.1, -0.05) is 34.6 Å². The minimum atomic E-state index is -1.02. The summed E-state index contributed by atoms with van der Waals surface area (Å²) in [7, 11) is 0. The molecule has 0 radical (unpaired) electrons. The molecule has 0 aromatic carbocycles. The van der Waals surface area contributed by atoms with Crippen LogP contribution in [0.5, 0.6) is 0 Å². The van der Waals surface area contributed by atoms with Gasteiger partial charge in [0.1, 0.15) is 23.0 Å². The summed E-state index contributed by atoms with van der Waals surface area (Å²) in [5.74, 6) is -2.40. The van der Waals surface area contributed by atoms with Crippen molar-refractivity contribution in [3.63, 3.8) is 0 Å². The van der Waals surface area contributed by atoms with E-state index in [1.807, 2.05) is 20.8 Å². The van der Waals surface area contributed by atoms with Gasteiger partial charge in [-0.05, 0) is 48.3 Å². The largest absolute Gasteiger partial charge is 0.368 e. The molecule has 2 heterocycles. The summed E-state index contributed by atoms with van der Waals surface area (Å²) in [5.41, 5.74) is 4.82. The highest BCUT2D eigenvalue weighted by atomic mass is 35.5. The number of alkyl halides is 1. The summed E-state index contributed by atoms with van der Waals surface area (Å²) in [4.78, 5) is 65.0. The summed E-state index contributed by atoms with van der Waals surface area (Å²) in [6.45, 7) is 10.6. The first-order valence-corrected chi connectivity index (χ1v) is 13.1. The molecule has 5 N–H and O–H groups in total. The fourth-order valence-corrected chi connectivity index (χ4v) is 6.03. The Labute approximate surface area is 216 Å². The molecule has 0 unspecified atom stereocenters. The monoisotopic (exact) mass is 523 g/mol. The van der Waals surface area contributed by atoms with Gasteiger partial charge in [0.25, 0.3) is 0 Å². The summed E-state index contributed by atoms with van der Waals surface area (Å²) in [5, 5.41) is 8.31. The summed E-state index contributed by atoms with van der Waals surface area (Å²) >= 11 is 6.29. The molecule has 2 saturated heterocycles. The molecule has 5 amide bonds. The number of likely N-dealkylation sites (tertiary alicyclic amines) is 1. The average molecular weight is 524 g/mol. The molecular formula is C25H38ClN5O5. The van der Waals surface area contributed by atoms with Crippen molar-refractivity contribution in [1.82, 2.24) is 20.9 Å². The number of primary amides is 1. The zero-order valence-electron chi connectivity index (χ0n) is 21.7. The lowest BCUT2D eigenvalue weighted by atomic mass is 9.85. The number of carbonyl (C=O) groups is 5. The van der Waals surface area contributed by atoms with Gasteiger partial charge in [-0.2, -0.15) is 0 Å². The second-order valence-corrected chi connectivity index (χ2v) is 13.3. The van der Waals surface area contributed by atoms with Gasteiger partial charge in [-0.25, -0.2) is 0 Å². The van der Waals surface area contributed by atoms with Crippen LogP contribution in [-0.2, 0) is 24.0 Å². The Hall–Kier alpha value is -2.36. The van der Waals surface area contributed by atoms with Gasteiger partial charge in [0, 0.05) is 19.0 Å². The van der Waals surface area contributed by atoms with Gasteiger partial charge in [0.05, 0.1) is 0 Å². The predicted octanol–water partition coefficient (Wildman–Crippen LogP) is 0.268. The Morgan fingerprint density at radius 2 is 1.83 bits per heavy atom. The average Bonchev–Trinajstić information content (AvgIpc) is 3.45. The van der Waals surface area contributed by atoms with Crippen molar-refractivity contribution in [3.8, 4) is 0 Å². The highest BCUT2D eigenvalue weighted by Gasteiger charge is 2.70. The normalized spacial score (nSPS) is 31.1. The molecule has 2 aliphatic heterocycles. The van der Waals surface area contributed by atoms with Crippen LogP contribution in [0.2, 0.25) is 0 Å². The molecule has 4 fully saturated rings. The zero-order valence-corrected chi connectivity index (χ0v) is 22.4. The molecule has 2 aliphatic carbocycles. The van der Waals surface area contributed by atoms with Crippen LogP contribution >= 0.6 is 11.6 Å². The highest BCUT2D eigenvalue weighted by Crippen LogP contribution is 2.65. The Morgan fingerprint density at radius 3 is 2.33 bits per heavy atom. The first-order valence-electron chi connectivity index (χ1n) is 12.8. The first-order chi connectivity index (χ1) is 16.6. The molecule has 36 heavy (non-hydrogen) atoms. The maximum absolute atomic E-state index is 13.9.